The van der Waals surface area contributed by atoms with Crippen molar-refractivity contribution in [3.05, 3.63) is 35.5 Å². The number of likely N-dealkylation sites (tertiary alicyclic amines) is 1. The summed E-state index contributed by atoms with van der Waals surface area (Å²) in [5.74, 6) is 0.859. The lowest BCUT2D eigenvalue weighted by Gasteiger charge is -2.47. The van der Waals surface area contributed by atoms with Gasteiger partial charge in [0.2, 0.25) is 5.91 Å². The van der Waals surface area contributed by atoms with E-state index in [0.717, 1.165) is 45.2 Å². The molecule has 2 heterocycles. The molecule has 5 rings (SSSR count). The summed E-state index contributed by atoms with van der Waals surface area (Å²) < 4.78 is 2.47. The maximum Gasteiger partial charge on any atom is 0.224 e. The second-order valence-electron chi connectivity index (χ2n) is 11.6. The van der Waals surface area contributed by atoms with Gasteiger partial charge in [-0.05, 0) is 76.6 Å². The molecule has 1 aromatic heterocycles. The van der Waals surface area contributed by atoms with Gasteiger partial charge in [0.1, 0.15) is 0 Å². The topological polar surface area (TPSA) is 37.3 Å². The number of amides is 1. The number of aromatic nitrogens is 1. The van der Waals surface area contributed by atoms with Crippen molar-refractivity contribution in [2.45, 2.75) is 103 Å². The Hall–Kier alpha value is -1.81. The number of nitrogens with one attached hydrogen (secondary N) is 1. The third kappa shape index (κ3) is 3.89. The summed E-state index contributed by atoms with van der Waals surface area (Å²) in [6, 6.07) is 7.79. The first kappa shape index (κ1) is 22.0. The van der Waals surface area contributed by atoms with Crippen molar-refractivity contribution in [1.82, 2.24) is 14.8 Å². The van der Waals surface area contributed by atoms with Crippen LogP contribution in [0.1, 0.15) is 89.7 Å². The quantitative estimate of drug-likeness (QED) is 0.680. The van der Waals surface area contributed by atoms with Gasteiger partial charge in [-0.2, -0.15) is 0 Å². The van der Waals surface area contributed by atoms with E-state index in [9.17, 15) is 4.79 Å². The van der Waals surface area contributed by atoms with Gasteiger partial charge in [0.05, 0.1) is 5.92 Å². The molecule has 1 saturated heterocycles. The molecular formula is C28H41N3O. The van der Waals surface area contributed by atoms with Gasteiger partial charge in [-0.15, -0.1) is 0 Å². The Morgan fingerprint density at radius 3 is 2.66 bits per heavy atom. The fraction of sp³-hybridized carbons (Fsp3) is 0.679. The molecule has 1 aromatic carbocycles. The highest BCUT2D eigenvalue weighted by Crippen LogP contribution is 2.46. The Bertz CT molecular complexity index is 978. The first-order valence-corrected chi connectivity index (χ1v) is 13.0. The van der Waals surface area contributed by atoms with Gasteiger partial charge in [0, 0.05) is 47.2 Å². The van der Waals surface area contributed by atoms with Crippen LogP contribution in [0, 0.1) is 5.92 Å². The summed E-state index contributed by atoms with van der Waals surface area (Å²) in [4.78, 5) is 16.0. The Kier molecular flexibility index (Phi) is 5.86. The number of hydrogen-bond acceptors (Lipinski definition) is 2. The summed E-state index contributed by atoms with van der Waals surface area (Å²) in [6.45, 7) is 11.2. The number of rotatable bonds is 4. The predicted octanol–water partition coefficient (Wildman–Crippen LogP) is 5.59. The fourth-order valence-electron chi connectivity index (χ4n) is 6.76. The molecule has 0 radical (unpaired) electrons. The van der Waals surface area contributed by atoms with Crippen molar-refractivity contribution in [2.24, 2.45) is 5.92 Å². The number of hydrogen-bond donors (Lipinski definition) is 1. The van der Waals surface area contributed by atoms with E-state index in [4.69, 9.17) is 0 Å². The van der Waals surface area contributed by atoms with Crippen molar-refractivity contribution < 1.29 is 4.79 Å². The van der Waals surface area contributed by atoms with Crippen LogP contribution < -0.4 is 5.32 Å². The van der Waals surface area contributed by atoms with E-state index in [-0.39, 0.29) is 11.5 Å². The summed E-state index contributed by atoms with van der Waals surface area (Å²) in [7, 11) is 0. The molecule has 4 nitrogen and oxygen atoms in total. The van der Waals surface area contributed by atoms with Gasteiger partial charge in [0.25, 0.3) is 0 Å². The average Bonchev–Trinajstić information content (AvgIpc) is 3.15. The van der Waals surface area contributed by atoms with Crippen molar-refractivity contribution in [3.8, 4) is 0 Å². The Labute approximate surface area is 193 Å². The summed E-state index contributed by atoms with van der Waals surface area (Å²) in [5.41, 5.74) is 4.40. The van der Waals surface area contributed by atoms with Crippen LogP contribution in [0.2, 0.25) is 0 Å². The maximum atomic E-state index is 13.4. The molecule has 1 N–H and O–H groups in total. The zero-order valence-corrected chi connectivity index (χ0v) is 20.5. The smallest absolute Gasteiger partial charge is 0.224 e. The third-order valence-corrected chi connectivity index (χ3v) is 8.25. The van der Waals surface area contributed by atoms with Gasteiger partial charge in [-0.3, -0.25) is 9.69 Å². The van der Waals surface area contributed by atoms with E-state index in [1.165, 1.54) is 41.3 Å². The second-order valence-corrected chi connectivity index (χ2v) is 11.6. The molecule has 4 heteroatoms. The van der Waals surface area contributed by atoms with Crippen LogP contribution in [0.4, 0.5) is 0 Å². The van der Waals surface area contributed by atoms with Crippen LogP contribution in [-0.2, 0) is 16.8 Å². The lowest BCUT2D eigenvalue weighted by Crippen LogP contribution is -2.54. The summed E-state index contributed by atoms with van der Waals surface area (Å²) >= 11 is 0. The summed E-state index contributed by atoms with van der Waals surface area (Å²) in [6.07, 6.45) is 11.8. The minimum atomic E-state index is 0.0656. The molecule has 3 aliphatic rings. The van der Waals surface area contributed by atoms with Gasteiger partial charge in [-0.1, -0.05) is 38.3 Å². The maximum absolute atomic E-state index is 13.4. The fourth-order valence-corrected chi connectivity index (χ4v) is 6.76. The standard InChI is InChI=1S/C28H41N3O/c1-5-14-30-17-20(27(32)29-21-10-7-6-8-11-21)15-23-22-12-9-13-24-26(22)19(16-25(23)30)18-31(24)28(2,3)4/h9,12-13,18,20-21,23,25H,5-8,10-11,14-17H2,1-4H3,(H,29,32)/t20?,23?,25-/m1/s1. The Morgan fingerprint density at radius 1 is 1.16 bits per heavy atom. The van der Waals surface area contributed by atoms with Crippen LogP contribution in [0.3, 0.4) is 0 Å². The van der Waals surface area contributed by atoms with Crippen molar-refractivity contribution in [1.29, 1.82) is 0 Å². The zero-order chi connectivity index (χ0) is 22.5. The lowest BCUT2D eigenvalue weighted by molar-refractivity contribution is -0.128. The molecule has 2 fully saturated rings. The lowest BCUT2D eigenvalue weighted by atomic mass is 9.72. The largest absolute Gasteiger partial charge is 0.353 e. The first-order valence-electron chi connectivity index (χ1n) is 13.0. The minimum absolute atomic E-state index is 0.0656. The van der Waals surface area contributed by atoms with Crippen LogP contribution in [0.15, 0.2) is 24.4 Å². The van der Waals surface area contributed by atoms with E-state index < -0.39 is 0 Å². The van der Waals surface area contributed by atoms with Crippen molar-refractivity contribution in [2.75, 3.05) is 13.1 Å². The van der Waals surface area contributed by atoms with E-state index in [0.29, 0.717) is 23.9 Å². The number of carbonyl (C=O) groups excluding carboxylic acids is 1. The van der Waals surface area contributed by atoms with E-state index in [2.05, 4.69) is 66.9 Å². The van der Waals surface area contributed by atoms with Gasteiger partial charge in [0.15, 0.2) is 0 Å². The number of benzene rings is 1. The SMILES string of the molecule is CCCN1CC(C(=O)NC2CCCCC2)CC2c3cccc4c3c(cn4C(C)(C)C)C[C@H]21. The minimum Gasteiger partial charge on any atom is -0.353 e. The second kappa shape index (κ2) is 8.52. The average molecular weight is 436 g/mol. The molecule has 1 saturated carbocycles. The number of nitrogens with zero attached hydrogens (tertiary/aromatic N) is 2. The van der Waals surface area contributed by atoms with Crippen molar-refractivity contribution in [3.63, 3.8) is 0 Å². The number of carbonyl (C=O) groups is 1. The van der Waals surface area contributed by atoms with E-state index >= 15 is 0 Å². The molecule has 2 unspecified atom stereocenters. The molecule has 2 aromatic rings. The summed E-state index contributed by atoms with van der Waals surface area (Å²) in [5, 5.41) is 4.91. The molecular weight excluding hydrogens is 394 g/mol. The Morgan fingerprint density at radius 2 is 1.94 bits per heavy atom. The molecule has 1 aliphatic heterocycles. The van der Waals surface area contributed by atoms with Crippen LogP contribution in [-0.4, -0.2) is 40.5 Å². The molecule has 2 aliphatic carbocycles. The van der Waals surface area contributed by atoms with E-state index in [1.807, 2.05) is 0 Å². The molecule has 174 valence electrons. The van der Waals surface area contributed by atoms with Gasteiger partial charge < -0.3 is 9.88 Å². The highest BCUT2D eigenvalue weighted by molar-refractivity contribution is 5.89. The Balaban J connectivity index is 1.47. The first-order chi connectivity index (χ1) is 15.4. The van der Waals surface area contributed by atoms with Crippen LogP contribution in [0.5, 0.6) is 0 Å². The van der Waals surface area contributed by atoms with Gasteiger partial charge in [-0.25, -0.2) is 0 Å². The predicted molar refractivity (Wildman–Crippen MR) is 132 cm³/mol. The highest BCUT2D eigenvalue weighted by atomic mass is 16.2. The zero-order valence-electron chi connectivity index (χ0n) is 20.5. The molecule has 0 spiro atoms. The molecule has 3 atom stereocenters. The number of piperidine rings is 1. The monoisotopic (exact) mass is 435 g/mol. The third-order valence-electron chi connectivity index (χ3n) is 8.25. The van der Waals surface area contributed by atoms with Crippen LogP contribution >= 0.6 is 0 Å². The van der Waals surface area contributed by atoms with Crippen LogP contribution in [0.25, 0.3) is 10.9 Å². The van der Waals surface area contributed by atoms with E-state index in [1.54, 1.807) is 0 Å². The normalized spacial score (nSPS) is 26.8. The van der Waals surface area contributed by atoms with Gasteiger partial charge >= 0.3 is 0 Å². The molecule has 1 amide bonds. The molecule has 32 heavy (non-hydrogen) atoms. The number of fused-ring (bicyclic) bond motifs is 2. The molecule has 0 bridgehead atoms. The van der Waals surface area contributed by atoms with Crippen molar-refractivity contribution >= 4 is 16.8 Å². The highest BCUT2D eigenvalue weighted by Gasteiger charge is 2.43.